The Kier molecular flexibility index (Phi) is 6.16. The molecule has 0 fully saturated rings. The Balaban J connectivity index is 1.67. The number of aromatic nitrogens is 2. The smallest absolute Gasteiger partial charge is 0.327 e. The summed E-state index contributed by atoms with van der Waals surface area (Å²) in [5, 5.41) is 7.34. The van der Waals surface area contributed by atoms with Crippen molar-refractivity contribution in [1.29, 1.82) is 0 Å². The summed E-state index contributed by atoms with van der Waals surface area (Å²) in [5.74, 6) is 1.93. The first-order chi connectivity index (χ1) is 17.5. The third kappa shape index (κ3) is 4.29. The van der Waals surface area contributed by atoms with Crippen LogP contribution in [0, 0.1) is 6.92 Å². The molecule has 0 aliphatic carbocycles. The number of anilines is 1. The molecule has 0 saturated carbocycles. The Labute approximate surface area is 209 Å². The Morgan fingerprint density at radius 1 is 0.917 bits per heavy atom. The lowest BCUT2D eigenvalue weighted by atomic mass is 9.94. The van der Waals surface area contributed by atoms with Crippen molar-refractivity contribution in [2.75, 3.05) is 19.1 Å². The zero-order valence-electron chi connectivity index (χ0n) is 20.5. The average Bonchev–Trinajstić information content (AvgIpc) is 3.39. The number of hydrogen-bond acceptors (Lipinski definition) is 6. The summed E-state index contributed by atoms with van der Waals surface area (Å²) in [6.45, 7) is 3.89. The third-order valence-corrected chi connectivity index (χ3v) is 6.18. The Bertz CT molecular complexity index is 1410. The number of aryl methyl sites for hydroxylation is 1. The molecule has 3 aromatic carbocycles. The number of carbonyl (C=O) groups excluding carboxylic acids is 1. The van der Waals surface area contributed by atoms with Gasteiger partial charge in [0, 0.05) is 29.5 Å². The minimum atomic E-state index is -0.481. The van der Waals surface area contributed by atoms with E-state index in [9.17, 15) is 4.79 Å². The van der Waals surface area contributed by atoms with Crippen LogP contribution < -0.4 is 19.7 Å². The lowest BCUT2D eigenvalue weighted by Crippen LogP contribution is -2.46. The quantitative estimate of drug-likeness (QED) is 0.376. The van der Waals surface area contributed by atoms with Crippen molar-refractivity contribution < 1.29 is 18.8 Å². The summed E-state index contributed by atoms with van der Waals surface area (Å²) in [5.41, 5.74) is 4.82. The second-order valence-electron chi connectivity index (χ2n) is 8.49. The largest absolute Gasteiger partial charge is 0.497 e. The molecule has 36 heavy (non-hydrogen) atoms. The number of amides is 2. The van der Waals surface area contributed by atoms with Crippen molar-refractivity contribution in [3.8, 4) is 22.9 Å². The van der Waals surface area contributed by atoms with Gasteiger partial charge in [0.1, 0.15) is 11.5 Å². The highest BCUT2D eigenvalue weighted by molar-refractivity contribution is 6.01. The summed E-state index contributed by atoms with van der Waals surface area (Å²) >= 11 is 0. The molecule has 2 heterocycles. The molecular formula is C28H26N4O4. The molecule has 1 unspecified atom stereocenters. The summed E-state index contributed by atoms with van der Waals surface area (Å²) in [6, 6.07) is 22.2. The summed E-state index contributed by atoms with van der Waals surface area (Å²) in [4.78, 5) is 19.8. The first-order valence-electron chi connectivity index (χ1n) is 11.5. The molecule has 182 valence electrons. The number of hydrogen-bond donors (Lipinski definition) is 1. The number of nitrogens with zero attached hydrogens (tertiary/aromatic N) is 3. The molecule has 0 saturated heterocycles. The maximum absolute atomic E-state index is 13.5. The van der Waals surface area contributed by atoms with Crippen molar-refractivity contribution in [2.45, 2.75) is 19.9 Å². The van der Waals surface area contributed by atoms with Gasteiger partial charge in [-0.2, -0.15) is 4.98 Å². The van der Waals surface area contributed by atoms with E-state index in [0.29, 0.717) is 40.2 Å². The zero-order chi connectivity index (χ0) is 25.2. The average molecular weight is 483 g/mol. The maximum atomic E-state index is 13.5. The van der Waals surface area contributed by atoms with Crippen molar-refractivity contribution >= 4 is 17.3 Å². The minimum Gasteiger partial charge on any atom is -0.497 e. The molecule has 8 nitrogen and oxygen atoms in total. The van der Waals surface area contributed by atoms with Gasteiger partial charge < -0.3 is 19.3 Å². The molecule has 4 aromatic rings. The number of allylic oxidation sites excluding steroid dienone is 1. The van der Waals surface area contributed by atoms with Crippen molar-refractivity contribution in [1.82, 2.24) is 15.5 Å². The molecule has 0 spiro atoms. The number of rotatable bonds is 6. The van der Waals surface area contributed by atoms with Gasteiger partial charge in [0.25, 0.3) is 5.89 Å². The molecule has 1 aliphatic rings. The van der Waals surface area contributed by atoms with E-state index in [1.165, 1.54) is 0 Å². The van der Waals surface area contributed by atoms with Gasteiger partial charge in [0.05, 0.1) is 31.5 Å². The van der Waals surface area contributed by atoms with Crippen LogP contribution in [0.15, 0.2) is 83.0 Å². The fourth-order valence-corrected chi connectivity index (χ4v) is 4.30. The monoisotopic (exact) mass is 482 g/mol. The second-order valence-corrected chi connectivity index (χ2v) is 8.49. The fraction of sp³-hybridized carbons (Fsp3) is 0.179. The second kappa shape index (κ2) is 9.58. The number of nitrogens with one attached hydrogen (secondary N) is 1. The summed E-state index contributed by atoms with van der Waals surface area (Å²) in [6.07, 6.45) is 0. The topological polar surface area (TPSA) is 89.7 Å². The normalized spacial score (nSPS) is 15.6. The predicted molar refractivity (Wildman–Crippen MR) is 137 cm³/mol. The molecule has 1 aromatic heterocycles. The number of methoxy groups -OCH3 is 2. The van der Waals surface area contributed by atoms with Crippen LogP contribution in [0.3, 0.4) is 0 Å². The number of benzene rings is 3. The predicted octanol–water partition coefficient (Wildman–Crippen LogP) is 5.76. The summed E-state index contributed by atoms with van der Waals surface area (Å²) in [7, 11) is 3.14. The van der Waals surface area contributed by atoms with E-state index >= 15 is 0 Å². The SMILES string of the molecule is COc1cc(OC)cc(N2C(=O)NC(c3ccc(C)cc3)C(c3nc(-c4ccccc4)no3)=C2C)c1. The van der Waals surface area contributed by atoms with Crippen LogP contribution in [0.2, 0.25) is 0 Å². The molecule has 1 N–H and O–H groups in total. The first kappa shape index (κ1) is 23.2. The fourth-order valence-electron chi connectivity index (χ4n) is 4.30. The Hall–Kier alpha value is -4.59. The molecule has 1 aliphatic heterocycles. The standard InChI is InChI=1S/C28H26N4O4/c1-17-10-12-19(13-11-17)25-24(27-30-26(31-36-27)20-8-6-5-7-9-20)18(2)32(28(33)29-25)21-14-22(34-3)16-23(15-21)35-4/h5-16,25H,1-4H3,(H,29,33). The van der Waals surface area contributed by atoms with E-state index in [1.807, 2.05) is 68.4 Å². The highest BCUT2D eigenvalue weighted by atomic mass is 16.5. The van der Waals surface area contributed by atoms with Crippen molar-refractivity contribution in [3.63, 3.8) is 0 Å². The van der Waals surface area contributed by atoms with Crippen molar-refractivity contribution in [3.05, 3.63) is 95.5 Å². The van der Waals surface area contributed by atoms with Gasteiger partial charge >= 0.3 is 6.03 Å². The lowest BCUT2D eigenvalue weighted by molar-refractivity contribution is 0.244. The van der Waals surface area contributed by atoms with Crippen molar-refractivity contribution in [2.24, 2.45) is 0 Å². The molecule has 1 atom stereocenters. The van der Waals surface area contributed by atoms with E-state index in [2.05, 4.69) is 10.5 Å². The molecule has 5 rings (SSSR count). The van der Waals surface area contributed by atoms with Gasteiger partial charge in [-0.05, 0) is 19.4 Å². The molecule has 0 bridgehead atoms. The van der Waals surface area contributed by atoms with E-state index < -0.39 is 6.04 Å². The van der Waals surface area contributed by atoms with Crippen LogP contribution in [-0.4, -0.2) is 30.4 Å². The van der Waals surface area contributed by atoms with E-state index in [4.69, 9.17) is 19.0 Å². The first-order valence-corrected chi connectivity index (χ1v) is 11.5. The van der Waals surface area contributed by atoms with E-state index in [1.54, 1.807) is 37.3 Å². The molecule has 2 amide bonds. The van der Waals surface area contributed by atoms with Gasteiger partial charge in [-0.15, -0.1) is 0 Å². The van der Waals surface area contributed by atoms with E-state index in [-0.39, 0.29) is 6.03 Å². The Morgan fingerprint density at radius 2 is 1.58 bits per heavy atom. The molecular weight excluding hydrogens is 456 g/mol. The van der Waals surface area contributed by atoms with Gasteiger partial charge in [-0.1, -0.05) is 65.3 Å². The van der Waals surface area contributed by atoms with Gasteiger partial charge in [-0.25, -0.2) is 4.79 Å². The minimum absolute atomic E-state index is 0.292. The highest BCUT2D eigenvalue weighted by Crippen LogP contribution is 2.40. The van der Waals surface area contributed by atoms with Crippen LogP contribution in [0.5, 0.6) is 11.5 Å². The van der Waals surface area contributed by atoms with Crippen LogP contribution in [0.25, 0.3) is 17.0 Å². The van der Waals surface area contributed by atoms with Crippen LogP contribution in [0.1, 0.15) is 30.0 Å². The number of urea groups is 1. The lowest BCUT2D eigenvalue weighted by Gasteiger charge is -2.35. The number of ether oxygens (including phenoxy) is 2. The molecule has 8 heteroatoms. The zero-order valence-corrected chi connectivity index (χ0v) is 20.5. The van der Waals surface area contributed by atoms with E-state index in [0.717, 1.165) is 16.7 Å². The van der Waals surface area contributed by atoms with Gasteiger partial charge in [0.15, 0.2) is 0 Å². The van der Waals surface area contributed by atoms with Crippen LogP contribution in [0.4, 0.5) is 10.5 Å². The van der Waals surface area contributed by atoms with Gasteiger partial charge in [0.2, 0.25) is 5.82 Å². The highest BCUT2D eigenvalue weighted by Gasteiger charge is 2.36. The number of carbonyl (C=O) groups is 1. The van der Waals surface area contributed by atoms with Gasteiger partial charge in [-0.3, -0.25) is 4.90 Å². The third-order valence-electron chi connectivity index (χ3n) is 6.18. The van der Waals surface area contributed by atoms with Crippen LogP contribution >= 0.6 is 0 Å². The van der Waals surface area contributed by atoms with Crippen LogP contribution in [-0.2, 0) is 0 Å². The maximum Gasteiger partial charge on any atom is 0.327 e. The molecule has 0 radical (unpaired) electrons. The summed E-state index contributed by atoms with van der Waals surface area (Å²) < 4.78 is 16.6. The Morgan fingerprint density at radius 3 is 2.22 bits per heavy atom.